The molecule has 0 bridgehead atoms. The average molecular weight is 433 g/mol. The van der Waals surface area contributed by atoms with Gasteiger partial charge in [0.2, 0.25) is 10.9 Å². The lowest BCUT2D eigenvalue weighted by Gasteiger charge is -2.22. The Morgan fingerprint density at radius 2 is 1.74 bits per heavy atom. The van der Waals surface area contributed by atoms with Crippen LogP contribution in [0, 0.1) is 20.8 Å². The Labute approximate surface area is 181 Å². The van der Waals surface area contributed by atoms with Crippen molar-refractivity contribution in [2.24, 2.45) is 0 Å². The van der Waals surface area contributed by atoms with Gasteiger partial charge in [0, 0.05) is 0 Å². The van der Waals surface area contributed by atoms with Gasteiger partial charge >= 0.3 is 0 Å². The third kappa shape index (κ3) is 2.94. The predicted molar refractivity (Wildman–Crippen MR) is 118 cm³/mol. The molecule has 0 radical (unpaired) electrons. The second kappa shape index (κ2) is 7.02. The van der Waals surface area contributed by atoms with Crippen LogP contribution in [-0.4, -0.2) is 23.2 Å². The SMILES string of the molecule is COc1ccc(C2c3c(oc4cc(C)c(C)cc4c3=O)C(=O)N2c2nnc(C)s2)cc1. The lowest BCUT2D eigenvalue weighted by Crippen LogP contribution is -2.29. The zero-order valence-electron chi connectivity index (χ0n) is 17.4. The zero-order chi connectivity index (χ0) is 21.9. The topological polar surface area (TPSA) is 85.5 Å². The monoisotopic (exact) mass is 433 g/mol. The normalized spacial score (nSPS) is 15.5. The number of nitrogens with zero attached hydrogens (tertiary/aromatic N) is 3. The molecule has 3 heterocycles. The smallest absolute Gasteiger partial charge is 0.297 e. The molecular formula is C23H19N3O4S. The number of aryl methyl sites for hydroxylation is 3. The van der Waals surface area contributed by atoms with Crippen molar-refractivity contribution in [1.29, 1.82) is 0 Å². The molecule has 0 spiro atoms. The van der Waals surface area contributed by atoms with E-state index in [9.17, 15) is 9.59 Å². The Hall–Kier alpha value is -3.52. The van der Waals surface area contributed by atoms with Gasteiger partial charge in [0.15, 0.2) is 5.43 Å². The summed E-state index contributed by atoms with van der Waals surface area (Å²) in [5, 5.41) is 9.84. The van der Waals surface area contributed by atoms with E-state index in [0.29, 0.717) is 27.4 Å². The van der Waals surface area contributed by atoms with Crippen molar-refractivity contribution in [3.8, 4) is 5.75 Å². The summed E-state index contributed by atoms with van der Waals surface area (Å²) >= 11 is 1.29. The maximum absolute atomic E-state index is 13.6. The maximum atomic E-state index is 13.6. The van der Waals surface area contributed by atoms with Crippen LogP contribution in [0.5, 0.6) is 5.75 Å². The largest absolute Gasteiger partial charge is 0.497 e. The number of ether oxygens (including phenoxy) is 1. The molecule has 0 N–H and O–H groups in total. The summed E-state index contributed by atoms with van der Waals surface area (Å²) in [6.07, 6.45) is 0. The van der Waals surface area contributed by atoms with E-state index in [1.807, 2.05) is 39.0 Å². The van der Waals surface area contributed by atoms with Gasteiger partial charge in [-0.25, -0.2) is 0 Å². The third-order valence-corrected chi connectivity index (χ3v) is 6.48. The first-order valence-corrected chi connectivity index (χ1v) is 10.6. The fourth-order valence-corrected chi connectivity index (χ4v) is 4.62. The second-order valence-electron chi connectivity index (χ2n) is 7.56. The second-order valence-corrected chi connectivity index (χ2v) is 8.72. The molecule has 1 amide bonds. The lowest BCUT2D eigenvalue weighted by atomic mass is 9.97. The molecule has 2 aromatic heterocycles. The van der Waals surface area contributed by atoms with Crippen molar-refractivity contribution in [3.05, 3.63) is 79.6 Å². The molecule has 156 valence electrons. The van der Waals surface area contributed by atoms with Crippen molar-refractivity contribution in [2.75, 3.05) is 12.0 Å². The van der Waals surface area contributed by atoms with E-state index >= 15 is 0 Å². The fraction of sp³-hybridized carbons (Fsp3) is 0.217. The molecule has 4 aromatic rings. The van der Waals surface area contributed by atoms with Gasteiger partial charge in [-0.05, 0) is 61.7 Å². The molecule has 2 aromatic carbocycles. The van der Waals surface area contributed by atoms with Crippen molar-refractivity contribution >= 4 is 33.3 Å². The minimum atomic E-state index is -0.664. The zero-order valence-corrected chi connectivity index (χ0v) is 18.2. The Morgan fingerprint density at radius 1 is 1.03 bits per heavy atom. The van der Waals surface area contributed by atoms with Gasteiger partial charge in [-0.1, -0.05) is 23.5 Å². The van der Waals surface area contributed by atoms with E-state index in [1.54, 1.807) is 25.3 Å². The summed E-state index contributed by atoms with van der Waals surface area (Å²) in [5.74, 6) is 0.335. The fourth-order valence-electron chi connectivity index (χ4n) is 3.91. The van der Waals surface area contributed by atoms with Crippen molar-refractivity contribution in [3.63, 3.8) is 0 Å². The summed E-state index contributed by atoms with van der Waals surface area (Å²) in [6.45, 7) is 5.71. The van der Waals surface area contributed by atoms with Crippen molar-refractivity contribution in [1.82, 2.24) is 10.2 Å². The van der Waals surface area contributed by atoms with Crippen LogP contribution in [0.3, 0.4) is 0 Å². The number of hydrogen-bond acceptors (Lipinski definition) is 7. The number of rotatable bonds is 3. The molecule has 0 aliphatic carbocycles. The minimum absolute atomic E-state index is 0.0504. The van der Waals surface area contributed by atoms with Crippen LogP contribution >= 0.6 is 11.3 Å². The number of carbonyl (C=O) groups is 1. The number of benzene rings is 2. The molecule has 5 rings (SSSR count). The van der Waals surface area contributed by atoms with Gasteiger partial charge < -0.3 is 9.15 Å². The number of amides is 1. The maximum Gasteiger partial charge on any atom is 0.297 e. The van der Waals surface area contributed by atoms with Crippen LogP contribution in [0.2, 0.25) is 0 Å². The number of anilines is 1. The third-order valence-electron chi connectivity index (χ3n) is 5.64. The van der Waals surface area contributed by atoms with Gasteiger partial charge in [-0.15, -0.1) is 10.2 Å². The van der Waals surface area contributed by atoms with Crippen LogP contribution < -0.4 is 15.1 Å². The van der Waals surface area contributed by atoms with Crippen LogP contribution in [0.1, 0.15) is 43.9 Å². The van der Waals surface area contributed by atoms with Gasteiger partial charge in [-0.3, -0.25) is 14.5 Å². The van der Waals surface area contributed by atoms with Crippen molar-refractivity contribution < 1.29 is 13.9 Å². The summed E-state index contributed by atoms with van der Waals surface area (Å²) in [6, 6.07) is 10.3. The summed E-state index contributed by atoms with van der Waals surface area (Å²) in [7, 11) is 1.59. The first-order valence-electron chi connectivity index (χ1n) is 9.74. The highest BCUT2D eigenvalue weighted by Gasteiger charge is 2.45. The summed E-state index contributed by atoms with van der Waals surface area (Å²) in [5.41, 5.74) is 3.25. The van der Waals surface area contributed by atoms with E-state index in [2.05, 4.69) is 10.2 Å². The number of fused-ring (bicyclic) bond motifs is 2. The van der Waals surface area contributed by atoms with Crippen LogP contribution in [0.4, 0.5) is 5.13 Å². The van der Waals surface area contributed by atoms with E-state index in [1.165, 1.54) is 16.2 Å². The summed E-state index contributed by atoms with van der Waals surface area (Å²) in [4.78, 5) is 28.6. The molecule has 1 atom stereocenters. The first kappa shape index (κ1) is 19.4. The summed E-state index contributed by atoms with van der Waals surface area (Å²) < 4.78 is 11.3. The Balaban J connectivity index is 1.80. The Morgan fingerprint density at radius 3 is 2.39 bits per heavy atom. The predicted octanol–water partition coefficient (Wildman–Crippen LogP) is 4.33. The number of hydrogen-bond donors (Lipinski definition) is 0. The first-order chi connectivity index (χ1) is 14.9. The quantitative estimate of drug-likeness (QED) is 0.478. The molecule has 0 saturated heterocycles. The average Bonchev–Trinajstić information content (AvgIpc) is 3.31. The number of aromatic nitrogens is 2. The van der Waals surface area contributed by atoms with Crippen LogP contribution in [-0.2, 0) is 0 Å². The van der Waals surface area contributed by atoms with Crippen LogP contribution in [0.15, 0.2) is 45.6 Å². The van der Waals surface area contributed by atoms with Gasteiger partial charge in [0.1, 0.15) is 16.3 Å². The van der Waals surface area contributed by atoms with Crippen LogP contribution in [0.25, 0.3) is 11.0 Å². The van der Waals surface area contributed by atoms with E-state index < -0.39 is 11.9 Å². The molecule has 0 fully saturated rings. The van der Waals surface area contributed by atoms with Gasteiger partial charge in [-0.2, -0.15) is 0 Å². The number of methoxy groups -OCH3 is 1. The highest BCUT2D eigenvalue weighted by Crippen LogP contribution is 2.42. The van der Waals surface area contributed by atoms with Gasteiger partial charge in [0.25, 0.3) is 5.91 Å². The molecule has 7 nitrogen and oxygen atoms in total. The molecule has 0 saturated carbocycles. The van der Waals surface area contributed by atoms with E-state index in [-0.39, 0.29) is 11.2 Å². The molecule has 31 heavy (non-hydrogen) atoms. The van der Waals surface area contributed by atoms with Crippen molar-refractivity contribution in [2.45, 2.75) is 26.8 Å². The highest BCUT2D eigenvalue weighted by atomic mass is 32.1. The van der Waals surface area contributed by atoms with E-state index in [0.717, 1.165) is 21.7 Å². The molecule has 1 unspecified atom stereocenters. The van der Waals surface area contributed by atoms with E-state index in [4.69, 9.17) is 9.15 Å². The standard InChI is InChI=1S/C23H19N3O4S/c1-11-9-16-17(10-12(11)2)30-21-18(20(16)27)19(14-5-7-15(29-4)8-6-14)26(22(21)28)23-25-24-13(3)31-23/h5-10,19H,1-4H3. The number of carbonyl (C=O) groups excluding carboxylic acids is 1. The highest BCUT2D eigenvalue weighted by molar-refractivity contribution is 7.15. The molecule has 8 heteroatoms. The molecular weight excluding hydrogens is 414 g/mol. The molecule has 1 aliphatic heterocycles. The minimum Gasteiger partial charge on any atom is -0.497 e. The molecule has 1 aliphatic rings. The lowest BCUT2D eigenvalue weighted by molar-refractivity contribution is 0.0970. The Bertz CT molecular complexity index is 1410. The Kier molecular flexibility index (Phi) is 4.40. The van der Waals surface area contributed by atoms with Gasteiger partial charge in [0.05, 0.1) is 24.1 Å².